The number of benzene rings is 1. The van der Waals surface area contributed by atoms with Crippen LogP contribution in [0.2, 0.25) is 0 Å². The van der Waals surface area contributed by atoms with Crippen molar-refractivity contribution in [2.75, 3.05) is 18.8 Å². The average molecular weight is 298 g/mol. The van der Waals surface area contributed by atoms with E-state index in [0.29, 0.717) is 24.5 Å². The zero-order chi connectivity index (χ0) is 15.0. The highest BCUT2D eigenvalue weighted by atomic mass is 19.4. The zero-order valence-electron chi connectivity index (χ0n) is 11.5. The Morgan fingerprint density at radius 1 is 1.33 bits per heavy atom. The Morgan fingerprint density at radius 3 is 2.76 bits per heavy atom. The van der Waals surface area contributed by atoms with Gasteiger partial charge in [-0.25, -0.2) is 4.98 Å². The Kier molecular flexibility index (Phi) is 3.52. The average Bonchev–Trinajstić information content (AvgIpc) is 3.14. The third-order valence-electron chi connectivity index (χ3n) is 3.64. The molecule has 1 fully saturated rings. The largest absolute Gasteiger partial charge is 0.401 e. The van der Waals surface area contributed by atoms with E-state index in [4.69, 9.17) is 5.73 Å². The van der Waals surface area contributed by atoms with Crippen molar-refractivity contribution < 1.29 is 13.2 Å². The summed E-state index contributed by atoms with van der Waals surface area (Å²) < 4.78 is 37.7. The number of H-pyrrole nitrogens is 1. The molecule has 0 saturated heterocycles. The van der Waals surface area contributed by atoms with Crippen LogP contribution in [-0.4, -0.2) is 40.2 Å². The summed E-state index contributed by atoms with van der Waals surface area (Å²) in [6, 6.07) is 5.42. The van der Waals surface area contributed by atoms with Crippen molar-refractivity contribution in [3.05, 3.63) is 24.0 Å². The van der Waals surface area contributed by atoms with Gasteiger partial charge in [-0.3, -0.25) is 4.90 Å². The van der Waals surface area contributed by atoms with E-state index in [1.54, 1.807) is 18.2 Å². The van der Waals surface area contributed by atoms with Gasteiger partial charge in [-0.15, -0.1) is 0 Å². The fourth-order valence-electron chi connectivity index (χ4n) is 2.51. The number of halogens is 3. The van der Waals surface area contributed by atoms with Crippen molar-refractivity contribution >= 4 is 16.7 Å². The van der Waals surface area contributed by atoms with Crippen molar-refractivity contribution in [1.82, 2.24) is 14.9 Å². The Labute approximate surface area is 120 Å². The quantitative estimate of drug-likeness (QED) is 0.834. The molecule has 0 atom stereocenters. The maximum absolute atomic E-state index is 12.6. The van der Waals surface area contributed by atoms with Gasteiger partial charge in [0.05, 0.1) is 17.6 Å². The molecule has 1 saturated carbocycles. The molecular formula is C14H17F3N4. The lowest BCUT2D eigenvalue weighted by atomic mass is 10.3. The Morgan fingerprint density at radius 2 is 2.10 bits per heavy atom. The van der Waals surface area contributed by atoms with Crippen LogP contribution in [0.4, 0.5) is 18.9 Å². The number of nitrogens with one attached hydrogen (secondary N) is 1. The third-order valence-corrected chi connectivity index (χ3v) is 3.64. The van der Waals surface area contributed by atoms with Gasteiger partial charge in [0, 0.05) is 24.7 Å². The number of nitrogens with zero attached hydrogens (tertiary/aromatic N) is 2. The number of nitrogen functional groups attached to an aromatic ring is 1. The van der Waals surface area contributed by atoms with E-state index < -0.39 is 12.7 Å². The van der Waals surface area contributed by atoms with Gasteiger partial charge in [-0.1, -0.05) is 0 Å². The number of nitrogens with two attached hydrogens (primary N) is 1. The number of aromatic nitrogens is 2. The minimum atomic E-state index is -4.15. The summed E-state index contributed by atoms with van der Waals surface area (Å²) >= 11 is 0. The molecule has 7 heteroatoms. The van der Waals surface area contributed by atoms with Gasteiger partial charge >= 0.3 is 6.18 Å². The van der Waals surface area contributed by atoms with Crippen LogP contribution in [-0.2, 0) is 6.42 Å². The van der Waals surface area contributed by atoms with Crippen molar-refractivity contribution in [2.24, 2.45) is 0 Å². The van der Waals surface area contributed by atoms with Gasteiger partial charge in [0.15, 0.2) is 0 Å². The van der Waals surface area contributed by atoms with Gasteiger partial charge in [-0.2, -0.15) is 13.2 Å². The van der Waals surface area contributed by atoms with Crippen molar-refractivity contribution in [3.63, 3.8) is 0 Å². The second kappa shape index (κ2) is 5.22. The first-order chi connectivity index (χ1) is 9.90. The molecule has 0 amide bonds. The van der Waals surface area contributed by atoms with Crippen LogP contribution >= 0.6 is 0 Å². The van der Waals surface area contributed by atoms with Crippen LogP contribution < -0.4 is 5.73 Å². The Hall–Kier alpha value is -1.76. The van der Waals surface area contributed by atoms with E-state index in [1.165, 1.54) is 4.90 Å². The summed E-state index contributed by atoms with van der Waals surface area (Å²) in [6.07, 6.45) is -1.97. The highest BCUT2D eigenvalue weighted by Gasteiger charge is 2.37. The van der Waals surface area contributed by atoms with E-state index in [0.717, 1.165) is 23.9 Å². The molecule has 1 heterocycles. The normalized spacial score (nSPS) is 16.0. The monoisotopic (exact) mass is 298 g/mol. The number of aromatic amines is 1. The summed E-state index contributed by atoms with van der Waals surface area (Å²) in [4.78, 5) is 9.00. The summed E-state index contributed by atoms with van der Waals surface area (Å²) in [5.41, 5.74) is 7.93. The lowest BCUT2D eigenvalue weighted by Crippen LogP contribution is -2.37. The minimum absolute atomic E-state index is 0.0756. The zero-order valence-corrected chi connectivity index (χ0v) is 11.5. The molecule has 0 spiro atoms. The maximum atomic E-state index is 12.6. The van der Waals surface area contributed by atoms with Crippen LogP contribution in [0.5, 0.6) is 0 Å². The first kappa shape index (κ1) is 14.2. The van der Waals surface area contributed by atoms with Crippen LogP contribution in [0.1, 0.15) is 18.7 Å². The lowest BCUT2D eigenvalue weighted by molar-refractivity contribution is -0.147. The predicted octanol–water partition coefficient (Wildman–Crippen LogP) is 2.71. The molecule has 4 nitrogen and oxygen atoms in total. The van der Waals surface area contributed by atoms with E-state index in [1.807, 2.05) is 0 Å². The van der Waals surface area contributed by atoms with Crippen LogP contribution in [0.25, 0.3) is 11.0 Å². The highest BCUT2D eigenvalue weighted by molar-refractivity contribution is 5.78. The van der Waals surface area contributed by atoms with Gasteiger partial charge < -0.3 is 10.7 Å². The van der Waals surface area contributed by atoms with E-state index in [-0.39, 0.29) is 6.04 Å². The van der Waals surface area contributed by atoms with Crippen molar-refractivity contribution in [3.8, 4) is 0 Å². The smallest absolute Gasteiger partial charge is 0.399 e. The number of alkyl halides is 3. The fraction of sp³-hybridized carbons (Fsp3) is 0.500. The van der Waals surface area contributed by atoms with Gasteiger partial charge in [-0.05, 0) is 31.0 Å². The highest BCUT2D eigenvalue weighted by Crippen LogP contribution is 2.30. The summed E-state index contributed by atoms with van der Waals surface area (Å²) in [6.45, 7) is -0.482. The SMILES string of the molecule is Nc1ccc2nc(CCN(CC(F)(F)F)C3CC3)[nH]c2c1. The van der Waals surface area contributed by atoms with Gasteiger partial charge in [0.2, 0.25) is 0 Å². The molecule has 1 aromatic carbocycles. The van der Waals surface area contributed by atoms with Crippen LogP contribution in [0.3, 0.4) is 0 Å². The molecule has 21 heavy (non-hydrogen) atoms. The first-order valence-corrected chi connectivity index (χ1v) is 6.96. The predicted molar refractivity (Wildman–Crippen MR) is 74.9 cm³/mol. The number of anilines is 1. The summed E-state index contributed by atoms with van der Waals surface area (Å²) in [7, 11) is 0. The molecular weight excluding hydrogens is 281 g/mol. The van der Waals surface area contributed by atoms with E-state index in [2.05, 4.69) is 9.97 Å². The van der Waals surface area contributed by atoms with Gasteiger partial charge in [0.1, 0.15) is 5.82 Å². The summed E-state index contributed by atoms with van der Waals surface area (Å²) in [5, 5.41) is 0. The van der Waals surface area contributed by atoms with Crippen molar-refractivity contribution in [1.29, 1.82) is 0 Å². The number of fused-ring (bicyclic) bond motifs is 1. The van der Waals surface area contributed by atoms with Crippen molar-refractivity contribution in [2.45, 2.75) is 31.5 Å². The van der Waals surface area contributed by atoms with Crippen LogP contribution in [0.15, 0.2) is 18.2 Å². The Bertz CT molecular complexity index is 631. The Balaban J connectivity index is 1.66. The topological polar surface area (TPSA) is 57.9 Å². The van der Waals surface area contributed by atoms with Gasteiger partial charge in [0.25, 0.3) is 0 Å². The van der Waals surface area contributed by atoms with E-state index in [9.17, 15) is 13.2 Å². The summed E-state index contributed by atoms with van der Waals surface area (Å²) in [5.74, 6) is 0.698. The number of imidazole rings is 1. The van der Waals surface area contributed by atoms with Crippen LogP contribution in [0, 0.1) is 0 Å². The first-order valence-electron chi connectivity index (χ1n) is 6.96. The molecule has 1 aliphatic rings. The molecule has 1 aliphatic carbocycles. The second-order valence-electron chi connectivity index (χ2n) is 5.53. The molecule has 1 aromatic heterocycles. The maximum Gasteiger partial charge on any atom is 0.401 e. The lowest BCUT2D eigenvalue weighted by Gasteiger charge is -2.22. The third kappa shape index (κ3) is 3.66. The standard InChI is InChI=1S/C14H17F3N4/c15-14(16,17)8-21(10-2-3-10)6-5-13-19-11-4-1-9(18)7-12(11)20-13/h1,4,7,10H,2-3,5-6,8,18H2,(H,19,20). The molecule has 0 radical (unpaired) electrons. The molecule has 3 rings (SSSR count). The molecule has 3 N–H and O–H groups in total. The molecule has 2 aromatic rings. The fourth-order valence-corrected chi connectivity index (χ4v) is 2.51. The number of rotatable bonds is 5. The second-order valence-corrected chi connectivity index (χ2v) is 5.53. The molecule has 0 bridgehead atoms. The molecule has 0 aliphatic heterocycles. The minimum Gasteiger partial charge on any atom is -0.399 e. The number of hydrogen-bond donors (Lipinski definition) is 2. The molecule has 114 valence electrons. The molecule has 0 unspecified atom stereocenters. The van der Waals surface area contributed by atoms with E-state index >= 15 is 0 Å². The number of hydrogen-bond acceptors (Lipinski definition) is 3.